The second kappa shape index (κ2) is 3.69. The molecule has 0 saturated carbocycles. The molecule has 0 aliphatic carbocycles. The van der Waals surface area contributed by atoms with Gasteiger partial charge in [0, 0.05) is 5.92 Å². The van der Waals surface area contributed by atoms with Crippen molar-refractivity contribution in [3.05, 3.63) is 11.8 Å². The van der Waals surface area contributed by atoms with Gasteiger partial charge < -0.3 is 24.4 Å². The molecule has 2 heterocycles. The van der Waals surface area contributed by atoms with Gasteiger partial charge in [0.2, 0.25) is 0 Å². The van der Waals surface area contributed by atoms with E-state index in [0.717, 1.165) is 6.08 Å². The van der Waals surface area contributed by atoms with Gasteiger partial charge in [-0.1, -0.05) is 6.92 Å². The molecule has 96 valence electrons. The van der Waals surface area contributed by atoms with Crippen LogP contribution in [0.5, 0.6) is 0 Å². The number of hydrogen-bond donors (Lipinski definition) is 2. The van der Waals surface area contributed by atoms with Crippen LogP contribution in [0.15, 0.2) is 11.8 Å². The third-order valence-electron chi connectivity index (χ3n) is 3.56. The Balaban J connectivity index is 2.44. The van der Waals surface area contributed by atoms with E-state index in [0.29, 0.717) is 0 Å². The summed E-state index contributed by atoms with van der Waals surface area (Å²) in [4.78, 5) is 11.3. The number of rotatable bonds is 2. The zero-order valence-corrected chi connectivity index (χ0v) is 9.97. The molecule has 2 N–H and O–H groups in total. The van der Waals surface area contributed by atoms with Gasteiger partial charge in [-0.15, -0.1) is 0 Å². The monoisotopic (exact) mass is 244 g/mol. The van der Waals surface area contributed by atoms with E-state index in [4.69, 9.17) is 14.2 Å². The fraction of sp³-hybridized carbons (Fsp3) is 0.727. The molecule has 0 radical (unpaired) electrons. The van der Waals surface area contributed by atoms with Crippen molar-refractivity contribution in [1.82, 2.24) is 0 Å². The Morgan fingerprint density at radius 2 is 2.24 bits per heavy atom. The van der Waals surface area contributed by atoms with Gasteiger partial charge in [0.05, 0.1) is 25.7 Å². The van der Waals surface area contributed by atoms with Gasteiger partial charge in [-0.05, 0) is 6.92 Å². The molecule has 2 aliphatic rings. The van der Waals surface area contributed by atoms with E-state index in [-0.39, 0.29) is 12.4 Å². The third-order valence-corrected chi connectivity index (χ3v) is 3.56. The predicted octanol–water partition coefficient (Wildman–Crippen LogP) is -0.247. The van der Waals surface area contributed by atoms with Crippen LogP contribution in [0.2, 0.25) is 0 Å². The van der Waals surface area contributed by atoms with Crippen LogP contribution >= 0.6 is 0 Å². The van der Waals surface area contributed by atoms with Gasteiger partial charge in [0.1, 0.15) is 0 Å². The topological polar surface area (TPSA) is 85.2 Å². The van der Waals surface area contributed by atoms with Crippen molar-refractivity contribution in [3.8, 4) is 0 Å². The Morgan fingerprint density at radius 1 is 1.59 bits per heavy atom. The van der Waals surface area contributed by atoms with Crippen LogP contribution in [-0.2, 0) is 19.0 Å². The van der Waals surface area contributed by atoms with E-state index in [1.807, 2.05) is 0 Å². The summed E-state index contributed by atoms with van der Waals surface area (Å²) in [5.74, 6) is -4.41. The quantitative estimate of drug-likeness (QED) is 0.652. The number of hydrogen-bond acceptors (Lipinski definition) is 6. The van der Waals surface area contributed by atoms with Crippen LogP contribution in [0.1, 0.15) is 13.8 Å². The maximum Gasteiger partial charge on any atom is 0.337 e. The maximum absolute atomic E-state index is 11.3. The molecule has 1 fully saturated rings. The number of aliphatic hydroxyl groups is 2. The highest BCUT2D eigenvalue weighted by atomic mass is 16.8. The Hall–Kier alpha value is -1.11. The van der Waals surface area contributed by atoms with Crippen LogP contribution in [-0.4, -0.2) is 41.5 Å². The van der Waals surface area contributed by atoms with Gasteiger partial charge in [0.25, 0.3) is 5.79 Å². The predicted molar refractivity (Wildman–Crippen MR) is 55.4 cm³/mol. The van der Waals surface area contributed by atoms with E-state index in [2.05, 4.69) is 0 Å². The number of methoxy groups -OCH3 is 1. The van der Waals surface area contributed by atoms with Crippen LogP contribution in [0.25, 0.3) is 0 Å². The van der Waals surface area contributed by atoms with Crippen molar-refractivity contribution in [2.24, 2.45) is 11.8 Å². The van der Waals surface area contributed by atoms with Gasteiger partial charge in [0.15, 0.2) is 11.5 Å². The normalized spacial score (nSPS) is 45.0. The lowest BCUT2D eigenvalue weighted by Crippen LogP contribution is -2.42. The number of aliphatic hydroxyl groups excluding tert-OH is 1. The average molecular weight is 244 g/mol. The summed E-state index contributed by atoms with van der Waals surface area (Å²) in [5.41, 5.74) is 0. The number of carbonyl (C=O) groups excluding carboxylic acids is 1. The molecule has 6 heteroatoms. The summed E-state index contributed by atoms with van der Waals surface area (Å²) in [6, 6.07) is 0. The number of esters is 1. The minimum atomic E-state index is -1.51. The highest BCUT2D eigenvalue weighted by Gasteiger charge is 2.65. The first-order chi connectivity index (χ1) is 7.87. The molecule has 4 atom stereocenters. The van der Waals surface area contributed by atoms with E-state index in [1.165, 1.54) is 14.0 Å². The molecular weight excluding hydrogens is 228 g/mol. The fourth-order valence-electron chi connectivity index (χ4n) is 2.42. The first kappa shape index (κ1) is 12.3. The minimum absolute atomic E-state index is 0.172. The molecule has 1 spiro atoms. The summed E-state index contributed by atoms with van der Waals surface area (Å²) in [6.07, 6.45) is 1.16. The zero-order chi connectivity index (χ0) is 12.8. The van der Waals surface area contributed by atoms with E-state index in [1.54, 1.807) is 6.92 Å². The molecule has 0 aromatic carbocycles. The van der Waals surface area contributed by atoms with Crippen LogP contribution in [0.3, 0.4) is 0 Å². The number of carbonyl (C=O) groups is 1. The second-order valence-electron chi connectivity index (χ2n) is 4.54. The molecule has 1 saturated heterocycles. The van der Waals surface area contributed by atoms with Crippen molar-refractivity contribution in [2.75, 3.05) is 13.7 Å². The minimum Gasteiger partial charge on any atom is -0.494 e. The summed E-state index contributed by atoms with van der Waals surface area (Å²) in [6.45, 7) is 2.90. The molecule has 0 unspecified atom stereocenters. The Kier molecular flexibility index (Phi) is 2.68. The Morgan fingerprint density at radius 3 is 2.76 bits per heavy atom. The lowest BCUT2D eigenvalue weighted by molar-refractivity contribution is -0.287. The summed E-state index contributed by atoms with van der Waals surface area (Å²) in [5, 5.41) is 19.5. The molecule has 0 bridgehead atoms. The van der Waals surface area contributed by atoms with E-state index < -0.39 is 29.4 Å². The summed E-state index contributed by atoms with van der Waals surface area (Å²) < 4.78 is 15.6. The summed E-state index contributed by atoms with van der Waals surface area (Å²) >= 11 is 0. The highest BCUT2D eigenvalue weighted by molar-refractivity contribution is 5.86. The van der Waals surface area contributed by atoms with Crippen molar-refractivity contribution in [3.63, 3.8) is 0 Å². The van der Waals surface area contributed by atoms with E-state index >= 15 is 0 Å². The highest BCUT2D eigenvalue weighted by Crippen LogP contribution is 2.51. The molecule has 17 heavy (non-hydrogen) atoms. The largest absolute Gasteiger partial charge is 0.494 e. The Bertz CT molecular complexity index is 374. The second-order valence-corrected chi connectivity index (χ2v) is 4.54. The van der Waals surface area contributed by atoms with E-state index in [9.17, 15) is 15.0 Å². The molecule has 0 aromatic heterocycles. The first-order valence-electron chi connectivity index (χ1n) is 5.40. The molecule has 0 amide bonds. The fourth-order valence-corrected chi connectivity index (χ4v) is 2.42. The van der Waals surface area contributed by atoms with Crippen molar-refractivity contribution < 1.29 is 29.2 Å². The standard InChI is InChI=1S/C11H16O6/c1-6-7(5-12)11(17-10(6,2)14)8(15-3)4-9(13)16-11/h4,6-7,12,14H,5H2,1-3H3/t6-,7-,10+,11-/m0/s1. The van der Waals surface area contributed by atoms with Gasteiger partial charge in [-0.25, -0.2) is 4.79 Å². The molecular formula is C11H16O6. The summed E-state index contributed by atoms with van der Waals surface area (Å²) in [7, 11) is 1.38. The van der Waals surface area contributed by atoms with Crippen molar-refractivity contribution in [2.45, 2.75) is 25.4 Å². The van der Waals surface area contributed by atoms with Crippen LogP contribution in [0.4, 0.5) is 0 Å². The average Bonchev–Trinajstić information content (AvgIpc) is 2.63. The van der Waals surface area contributed by atoms with Gasteiger partial charge >= 0.3 is 5.97 Å². The Labute approximate surface area is 98.8 Å². The SMILES string of the molecule is COC1=CC(=O)O[C@@]12O[C@@](C)(O)[C@@H](C)[C@@H]2CO. The molecule has 2 rings (SSSR count). The third kappa shape index (κ3) is 1.55. The molecule has 2 aliphatic heterocycles. The number of ether oxygens (including phenoxy) is 3. The maximum atomic E-state index is 11.3. The molecule has 6 nitrogen and oxygen atoms in total. The molecule has 0 aromatic rings. The van der Waals surface area contributed by atoms with Gasteiger partial charge in [-0.2, -0.15) is 0 Å². The van der Waals surface area contributed by atoms with Gasteiger partial charge in [-0.3, -0.25) is 0 Å². The van der Waals surface area contributed by atoms with Crippen molar-refractivity contribution >= 4 is 5.97 Å². The zero-order valence-electron chi connectivity index (χ0n) is 9.97. The smallest absolute Gasteiger partial charge is 0.337 e. The van der Waals surface area contributed by atoms with Crippen LogP contribution in [0, 0.1) is 11.8 Å². The van der Waals surface area contributed by atoms with Crippen molar-refractivity contribution in [1.29, 1.82) is 0 Å². The lowest BCUT2D eigenvalue weighted by Gasteiger charge is -2.30. The van der Waals surface area contributed by atoms with Crippen LogP contribution < -0.4 is 0 Å². The first-order valence-corrected chi connectivity index (χ1v) is 5.40. The lowest BCUT2D eigenvalue weighted by atomic mass is 9.85.